The zero-order chi connectivity index (χ0) is 16.0. The average molecular weight is 310 g/mol. The number of guanidine groups is 1. The Morgan fingerprint density at radius 2 is 2.26 bits per heavy atom. The molecule has 1 saturated heterocycles. The minimum atomic E-state index is -0.0903. The lowest BCUT2D eigenvalue weighted by Gasteiger charge is -2.21. The Bertz CT molecular complexity index is 880. The van der Waals surface area contributed by atoms with Crippen LogP contribution < -0.4 is 5.73 Å². The molecule has 3 N–H and O–H groups in total. The summed E-state index contributed by atoms with van der Waals surface area (Å²) in [6.07, 6.45) is 3.87. The Balaban J connectivity index is 1.69. The van der Waals surface area contributed by atoms with Crippen LogP contribution in [0.2, 0.25) is 0 Å². The van der Waals surface area contributed by atoms with E-state index in [2.05, 4.69) is 32.9 Å². The van der Waals surface area contributed by atoms with Gasteiger partial charge in [0.2, 0.25) is 11.7 Å². The molecular formula is C16H18N6O. The van der Waals surface area contributed by atoms with Gasteiger partial charge < -0.3 is 19.7 Å². The first-order chi connectivity index (χ1) is 11.1. The number of aryl methyl sites for hydroxylation is 1. The first kappa shape index (κ1) is 13.8. The van der Waals surface area contributed by atoms with Crippen molar-refractivity contribution in [2.75, 3.05) is 6.54 Å². The lowest BCUT2D eigenvalue weighted by atomic mass is 10.1. The lowest BCUT2D eigenvalue weighted by molar-refractivity contribution is 0.283. The van der Waals surface area contributed by atoms with Gasteiger partial charge in [-0.1, -0.05) is 17.3 Å². The molecular weight excluding hydrogens is 292 g/mol. The average Bonchev–Trinajstić information content (AvgIpc) is 3.25. The molecule has 1 atom stereocenters. The molecule has 4 rings (SSSR count). The van der Waals surface area contributed by atoms with E-state index in [1.54, 1.807) is 4.90 Å². The minimum Gasteiger partial charge on any atom is -0.370 e. The van der Waals surface area contributed by atoms with Gasteiger partial charge in [0.15, 0.2) is 5.96 Å². The monoisotopic (exact) mass is 310 g/mol. The van der Waals surface area contributed by atoms with Crippen molar-refractivity contribution in [3.05, 3.63) is 36.4 Å². The number of fused-ring (bicyclic) bond motifs is 1. The van der Waals surface area contributed by atoms with Gasteiger partial charge in [-0.05, 0) is 30.4 Å². The molecule has 3 heterocycles. The predicted octanol–water partition coefficient (Wildman–Crippen LogP) is 2.26. The maximum absolute atomic E-state index is 7.65. The SMILES string of the molecule is Cn1ccc2ccc(-c3noc([C@@H]4CCCN4C(=N)N)n3)cc21. The molecule has 0 bridgehead atoms. The van der Waals surface area contributed by atoms with Crippen LogP contribution in [0, 0.1) is 5.41 Å². The Morgan fingerprint density at radius 1 is 1.39 bits per heavy atom. The Morgan fingerprint density at radius 3 is 3.09 bits per heavy atom. The largest absolute Gasteiger partial charge is 0.370 e. The molecule has 0 unspecified atom stereocenters. The molecule has 1 aromatic carbocycles. The number of nitrogens with zero attached hydrogens (tertiary/aromatic N) is 4. The van der Waals surface area contributed by atoms with Crippen LogP contribution >= 0.6 is 0 Å². The number of aromatic nitrogens is 3. The van der Waals surface area contributed by atoms with Gasteiger partial charge in [0, 0.05) is 30.9 Å². The molecule has 3 aromatic rings. The van der Waals surface area contributed by atoms with Crippen LogP contribution in [0.15, 0.2) is 35.0 Å². The molecule has 1 aliphatic heterocycles. The lowest BCUT2D eigenvalue weighted by Crippen LogP contribution is -2.35. The van der Waals surface area contributed by atoms with Crippen molar-refractivity contribution in [3.63, 3.8) is 0 Å². The molecule has 0 saturated carbocycles. The van der Waals surface area contributed by atoms with Crippen molar-refractivity contribution < 1.29 is 4.52 Å². The van der Waals surface area contributed by atoms with Crippen LogP contribution in [0.5, 0.6) is 0 Å². The van der Waals surface area contributed by atoms with Crippen molar-refractivity contribution in [2.24, 2.45) is 12.8 Å². The fourth-order valence-electron chi connectivity index (χ4n) is 3.20. The van der Waals surface area contributed by atoms with E-state index in [0.29, 0.717) is 11.7 Å². The van der Waals surface area contributed by atoms with E-state index in [1.165, 1.54) is 5.39 Å². The van der Waals surface area contributed by atoms with Gasteiger partial charge in [-0.3, -0.25) is 5.41 Å². The molecule has 0 radical (unpaired) electrons. The van der Waals surface area contributed by atoms with Gasteiger partial charge in [0.25, 0.3) is 0 Å². The van der Waals surface area contributed by atoms with E-state index in [9.17, 15) is 0 Å². The summed E-state index contributed by atoms with van der Waals surface area (Å²) in [4.78, 5) is 6.34. The predicted molar refractivity (Wildman–Crippen MR) is 86.8 cm³/mol. The quantitative estimate of drug-likeness (QED) is 0.559. The standard InChI is InChI=1S/C16H18N6O/c1-21-8-6-10-4-5-11(9-13(10)21)14-19-15(23-20-14)12-3-2-7-22(12)16(17)18/h4-6,8-9,12H,2-3,7H2,1H3,(H3,17,18)/t12-/m0/s1. The van der Waals surface area contributed by atoms with Crippen molar-refractivity contribution in [2.45, 2.75) is 18.9 Å². The molecule has 0 spiro atoms. The van der Waals surface area contributed by atoms with Crippen LogP contribution in [0.3, 0.4) is 0 Å². The second kappa shape index (κ2) is 5.12. The fraction of sp³-hybridized carbons (Fsp3) is 0.312. The van der Waals surface area contributed by atoms with E-state index in [4.69, 9.17) is 15.7 Å². The Kier molecular flexibility index (Phi) is 3.07. The van der Waals surface area contributed by atoms with Crippen LogP contribution in [-0.4, -0.2) is 32.1 Å². The van der Waals surface area contributed by atoms with Crippen molar-refractivity contribution in [1.29, 1.82) is 5.41 Å². The summed E-state index contributed by atoms with van der Waals surface area (Å²) in [5.41, 5.74) is 7.67. The second-order valence-corrected chi connectivity index (χ2v) is 5.89. The van der Waals surface area contributed by atoms with Crippen molar-refractivity contribution in [3.8, 4) is 11.4 Å². The van der Waals surface area contributed by atoms with Gasteiger partial charge in [0.05, 0.1) is 0 Å². The number of rotatable bonds is 2. The van der Waals surface area contributed by atoms with Crippen LogP contribution in [-0.2, 0) is 7.05 Å². The van der Waals surface area contributed by atoms with Gasteiger partial charge in [-0.25, -0.2) is 0 Å². The van der Waals surface area contributed by atoms with Gasteiger partial charge in [-0.2, -0.15) is 4.98 Å². The Hall–Kier alpha value is -2.83. The Labute approximate surface area is 133 Å². The number of nitrogens with one attached hydrogen (secondary N) is 1. The van der Waals surface area contributed by atoms with E-state index < -0.39 is 0 Å². The molecule has 7 nitrogen and oxygen atoms in total. The summed E-state index contributed by atoms with van der Waals surface area (Å²) in [7, 11) is 2.01. The van der Waals surface area contributed by atoms with E-state index >= 15 is 0 Å². The molecule has 118 valence electrons. The molecule has 1 aliphatic rings. The van der Waals surface area contributed by atoms with Crippen LogP contribution in [0.4, 0.5) is 0 Å². The number of hydrogen-bond acceptors (Lipinski definition) is 4. The molecule has 1 fully saturated rings. The van der Waals surface area contributed by atoms with Gasteiger partial charge in [-0.15, -0.1) is 0 Å². The van der Waals surface area contributed by atoms with E-state index in [0.717, 1.165) is 30.5 Å². The molecule has 0 aliphatic carbocycles. The molecule has 0 amide bonds. The fourth-order valence-corrected chi connectivity index (χ4v) is 3.20. The topological polar surface area (TPSA) is 97.0 Å². The summed E-state index contributed by atoms with van der Waals surface area (Å²) < 4.78 is 7.51. The highest BCUT2D eigenvalue weighted by Gasteiger charge is 2.31. The number of hydrogen-bond donors (Lipinski definition) is 2. The maximum atomic E-state index is 7.65. The zero-order valence-electron chi connectivity index (χ0n) is 12.9. The normalized spacial score (nSPS) is 18.0. The molecule has 23 heavy (non-hydrogen) atoms. The van der Waals surface area contributed by atoms with E-state index in [1.807, 2.05) is 19.3 Å². The van der Waals surface area contributed by atoms with Crippen molar-refractivity contribution in [1.82, 2.24) is 19.6 Å². The number of benzene rings is 1. The molecule has 2 aromatic heterocycles. The highest BCUT2D eigenvalue weighted by atomic mass is 16.5. The summed E-state index contributed by atoms with van der Waals surface area (Å²) in [5, 5.41) is 12.9. The smallest absolute Gasteiger partial charge is 0.249 e. The minimum absolute atomic E-state index is 0.0532. The molecule has 7 heteroatoms. The first-order valence-corrected chi connectivity index (χ1v) is 7.63. The second-order valence-electron chi connectivity index (χ2n) is 5.89. The third kappa shape index (κ3) is 2.25. The third-order valence-electron chi connectivity index (χ3n) is 4.44. The zero-order valence-corrected chi connectivity index (χ0v) is 12.9. The van der Waals surface area contributed by atoms with Gasteiger partial charge >= 0.3 is 0 Å². The van der Waals surface area contributed by atoms with E-state index in [-0.39, 0.29) is 12.0 Å². The third-order valence-corrected chi connectivity index (χ3v) is 4.44. The number of nitrogens with two attached hydrogens (primary N) is 1. The maximum Gasteiger partial charge on any atom is 0.249 e. The first-order valence-electron chi connectivity index (χ1n) is 7.63. The summed E-state index contributed by atoms with van der Waals surface area (Å²) in [5.74, 6) is 1.15. The summed E-state index contributed by atoms with van der Waals surface area (Å²) in [6.45, 7) is 0.757. The summed E-state index contributed by atoms with van der Waals surface area (Å²) >= 11 is 0. The van der Waals surface area contributed by atoms with Gasteiger partial charge in [0.1, 0.15) is 6.04 Å². The van der Waals surface area contributed by atoms with Crippen LogP contribution in [0.25, 0.3) is 22.3 Å². The summed E-state index contributed by atoms with van der Waals surface area (Å²) in [6, 6.07) is 8.09. The highest BCUT2D eigenvalue weighted by Crippen LogP contribution is 2.32. The van der Waals surface area contributed by atoms with Crippen LogP contribution in [0.1, 0.15) is 24.8 Å². The van der Waals surface area contributed by atoms with Crippen molar-refractivity contribution >= 4 is 16.9 Å². The number of likely N-dealkylation sites (tertiary alicyclic amines) is 1. The highest BCUT2D eigenvalue weighted by molar-refractivity contribution is 5.84.